The lowest BCUT2D eigenvalue weighted by molar-refractivity contribution is 0.0682. The van der Waals surface area contributed by atoms with Crippen molar-refractivity contribution in [3.63, 3.8) is 0 Å². The average Bonchev–Trinajstić information content (AvgIpc) is 2.57. The van der Waals surface area contributed by atoms with E-state index in [2.05, 4.69) is 11.8 Å². The summed E-state index contributed by atoms with van der Waals surface area (Å²) in [6.45, 7) is 4.85. The van der Waals surface area contributed by atoms with Gasteiger partial charge in [0, 0.05) is 13.1 Å². The molecule has 10 heteroatoms. The predicted octanol–water partition coefficient (Wildman–Crippen LogP) is 2.15. The van der Waals surface area contributed by atoms with Gasteiger partial charge in [-0.2, -0.15) is 0 Å². The smallest absolute Gasteiger partial charge is 0.341 e. The number of rotatable bonds is 8. The van der Waals surface area contributed by atoms with E-state index in [4.69, 9.17) is 15.3 Å². The molecule has 0 aliphatic heterocycles. The third-order valence-corrected chi connectivity index (χ3v) is 3.08. The lowest BCUT2D eigenvalue weighted by Crippen LogP contribution is -2.30. The van der Waals surface area contributed by atoms with E-state index in [1.165, 1.54) is 0 Å². The fourth-order valence-electron chi connectivity index (χ4n) is 1.79. The zero-order valence-corrected chi connectivity index (χ0v) is 13.5. The van der Waals surface area contributed by atoms with E-state index in [0.717, 1.165) is 19.4 Å². The Balaban J connectivity index is 0.000000477. The number of halogens is 5. The lowest BCUT2D eigenvalue weighted by atomic mass is 10.1. The van der Waals surface area contributed by atoms with Crippen LogP contribution < -0.4 is 0 Å². The van der Waals surface area contributed by atoms with E-state index < -0.39 is 40.6 Å². The molecule has 5 nitrogen and oxygen atoms in total. The molecule has 0 radical (unpaired) electrons. The number of hydrogen-bond donors (Lipinski definition) is 3. The van der Waals surface area contributed by atoms with Gasteiger partial charge in [0.05, 0.1) is 13.2 Å². The van der Waals surface area contributed by atoms with E-state index in [1.54, 1.807) is 0 Å². The molecule has 0 fully saturated rings. The summed E-state index contributed by atoms with van der Waals surface area (Å²) in [5, 5.41) is 25.4. The number of benzene rings is 1. The minimum Gasteiger partial charge on any atom is -0.477 e. The number of aliphatic hydroxyl groups excluding tert-OH is 2. The van der Waals surface area contributed by atoms with E-state index in [0.29, 0.717) is 13.1 Å². The summed E-state index contributed by atoms with van der Waals surface area (Å²) in [6.07, 6.45) is 2.30. The molecule has 1 aromatic carbocycles. The maximum Gasteiger partial charge on any atom is 0.341 e. The summed E-state index contributed by atoms with van der Waals surface area (Å²) in [4.78, 5) is 12.2. The molecule has 0 unspecified atom stereocenters. The van der Waals surface area contributed by atoms with Gasteiger partial charge in [0.2, 0.25) is 5.82 Å². The zero-order chi connectivity index (χ0) is 19.6. The van der Waals surface area contributed by atoms with Crippen molar-refractivity contribution in [2.24, 2.45) is 0 Å². The van der Waals surface area contributed by atoms with Gasteiger partial charge in [-0.1, -0.05) is 13.3 Å². The second-order valence-electron chi connectivity index (χ2n) is 4.89. The normalized spacial score (nSPS) is 10.6. The molecule has 3 N–H and O–H groups in total. The number of aromatic carboxylic acids is 1. The average molecular weight is 373 g/mol. The van der Waals surface area contributed by atoms with E-state index in [-0.39, 0.29) is 13.2 Å². The third-order valence-electron chi connectivity index (χ3n) is 3.08. The van der Waals surface area contributed by atoms with Gasteiger partial charge in [-0.3, -0.25) is 4.90 Å². The maximum atomic E-state index is 12.6. The molecule has 1 aromatic rings. The molecule has 0 amide bonds. The second kappa shape index (κ2) is 11.7. The van der Waals surface area contributed by atoms with Crippen LogP contribution in [-0.2, 0) is 0 Å². The molecule has 0 spiro atoms. The summed E-state index contributed by atoms with van der Waals surface area (Å²) in [7, 11) is 0. The van der Waals surface area contributed by atoms with Crippen molar-refractivity contribution in [1.29, 1.82) is 0 Å². The van der Waals surface area contributed by atoms with Crippen molar-refractivity contribution in [2.75, 3.05) is 32.8 Å². The predicted molar refractivity (Wildman–Crippen MR) is 78.7 cm³/mol. The highest BCUT2D eigenvalue weighted by molar-refractivity contribution is 5.88. The highest BCUT2D eigenvalue weighted by Gasteiger charge is 2.29. The quantitative estimate of drug-likeness (QED) is 0.370. The van der Waals surface area contributed by atoms with Gasteiger partial charge in [0.25, 0.3) is 0 Å². The van der Waals surface area contributed by atoms with Crippen LogP contribution in [0.5, 0.6) is 0 Å². The van der Waals surface area contributed by atoms with Crippen LogP contribution in [-0.4, -0.2) is 59.0 Å². The number of hydrogen-bond acceptors (Lipinski definition) is 4. The second-order valence-corrected chi connectivity index (χ2v) is 4.89. The SMILES string of the molecule is CCCCN(CCO)CCO.O=C(O)c1c(F)c(F)c(F)c(F)c1F. The Kier molecular flexibility index (Phi) is 10.9. The molecule has 0 saturated carbocycles. The molecule has 0 atom stereocenters. The molecule has 0 bridgehead atoms. The molecule has 0 saturated heterocycles. The summed E-state index contributed by atoms with van der Waals surface area (Å²) in [5.74, 6) is -13.9. The van der Waals surface area contributed by atoms with E-state index in [1.807, 2.05) is 0 Å². The molecular weight excluding hydrogens is 353 g/mol. The van der Waals surface area contributed by atoms with Crippen LogP contribution in [0.3, 0.4) is 0 Å². The van der Waals surface area contributed by atoms with Crippen molar-refractivity contribution in [1.82, 2.24) is 4.90 Å². The first kappa shape index (κ1) is 23.2. The molecule has 25 heavy (non-hydrogen) atoms. The van der Waals surface area contributed by atoms with Crippen molar-refractivity contribution in [3.8, 4) is 0 Å². The van der Waals surface area contributed by atoms with Crippen LogP contribution in [0.15, 0.2) is 0 Å². The Morgan fingerprint density at radius 2 is 1.24 bits per heavy atom. The molecule has 0 aliphatic rings. The van der Waals surface area contributed by atoms with Crippen molar-refractivity contribution >= 4 is 5.97 Å². The summed E-state index contributed by atoms with van der Waals surface area (Å²) in [6, 6.07) is 0. The van der Waals surface area contributed by atoms with Crippen molar-refractivity contribution in [3.05, 3.63) is 34.6 Å². The van der Waals surface area contributed by atoms with Crippen LogP contribution >= 0.6 is 0 Å². The monoisotopic (exact) mass is 373 g/mol. The summed E-state index contributed by atoms with van der Waals surface area (Å²) >= 11 is 0. The summed E-state index contributed by atoms with van der Waals surface area (Å²) in [5.41, 5.74) is -1.86. The standard InChI is InChI=1S/C8H19NO2.C7HF5O2/c1-2-3-4-9(5-7-10)6-8-11;8-2-1(7(13)14)3(9)5(11)6(12)4(2)10/h10-11H,2-8H2,1H3;(H,13,14). The number of carboxylic acids is 1. The maximum absolute atomic E-state index is 12.6. The number of unbranched alkanes of at least 4 members (excludes halogenated alkanes) is 1. The number of carbonyl (C=O) groups is 1. The van der Waals surface area contributed by atoms with Gasteiger partial charge < -0.3 is 15.3 Å². The van der Waals surface area contributed by atoms with Crippen LogP contribution in [0.25, 0.3) is 0 Å². The molecule has 0 aromatic heterocycles. The lowest BCUT2D eigenvalue weighted by Gasteiger charge is -2.19. The first-order valence-electron chi connectivity index (χ1n) is 7.41. The fourth-order valence-corrected chi connectivity index (χ4v) is 1.79. The van der Waals surface area contributed by atoms with Crippen molar-refractivity contribution in [2.45, 2.75) is 19.8 Å². The highest BCUT2D eigenvalue weighted by atomic mass is 19.2. The van der Waals surface area contributed by atoms with E-state index in [9.17, 15) is 26.7 Å². The minimum absolute atomic E-state index is 0.184. The van der Waals surface area contributed by atoms with E-state index >= 15 is 0 Å². The number of aliphatic hydroxyl groups is 2. The molecule has 144 valence electrons. The van der Waals surface area contributed by atoms with Gasteiger partial charge in [0.15, 0.2) is 23.3 Å². The first-order valence-corrected chi connectivity index (χ1v) is 7.41. The Hall–Kier alpha value is -1.78. The molecular formula is C15H20F5NO4. The Labute approximate surface area is 141 Å². The van der Waals surface area contributed by atoms with Gasteiger partial charge in [-0.25, -0.2) is 26.7 Å². The zero-order valence-electron chi connectivity index (χ0n) is 13.5. The number of nitrogens with zero attached hydrogens (tertiary/aromatic N) is 1. The molecule has 0 aliphatic carbocycles. The van der Waals surface area contributed by atoms with Crippen molar-refractivity contribution < 1.29 is 42.1 Å². The topological polar surface area (TPSA) is 81.0 Å². The molecule has 0 heterocycles. The van der Waals surface area contributed by atoms with Gasteiger partial charge in [-0.05, 0) is 13.0 Å². The summed E-state index contributed by atoms with van der Waals surface area (Å²) < 4.78 is 62.1. The van der Waals surface area contributed by atoms with Crippen LogP contribution in [0.2, 0.25) is 0 Å². The fraction of sp³-hybridized carbons (Fsp3) is 0.533. The van der Waals surface area contributed by atoms with Crippen LogP contribution in [0.4, 0.5) is 22.0 Å². The van der Waals surface area contributed by atoms with Crippen LogP contribution in [0.1, 0.15) is 30.1 Å². The highest BCUT2D eigenvalue weighted by Crippen LogP contribution is 2.22. The minimum atomic E-state index is -2.38. The Bertz CT molecular complexity index is 536. The first-order chi connectivity index (χ1) is 11.7. The van der Waals surface area contributed by atoms with Gasteiger partial charge in [0.1, 0.15) is 5.56 Å². The molecule has 1 rings (SSSR count). The van der Waals surface area contributed by atoms with Gasteiger partial charge >= 0.3 is 5.97 Å². The van der Waals surface area contributed by atoms with Gasteiger partial charge in [-0.15, -0.1) is 0 Å². The van der Waals surface area contributed by atoms with Crippen LogP contribution in [0, 0.1) is 29.1 Å². The Morgan fingerprint density at radius 3 is 1.56 bits per heavy atom. The number of carboxylic acid groups (broad SMARTS) is 1. The largest absolute Gasteiger partial charge is 0.477 e. The Morgan fingerprint density at radius 1 is 0.840 bits per heavy atom. The third kappa shape index (κ3) is 6.92.